The third-order valence-corrected chi connectivity index (χ3v) is 4.06. The molecular weight excluding hydrogens is 296 g/mol. The fourth-order valence-electron chi connectivity index (χ4n) is 2.77. The minimum atomic E-state index is -0.573. The first-order valence-corrected chi connectivity index (χ1v) is 8.23. The number of rotatable bonds is 6. The summed E-state index contributed by atoms with van der Waals surface area (Å²) in [4.78, 5) is 0. The van der Waals surface area contributed by atoms with E-state index in [0.717, 1.165) is 16.7 Å². The Balaban J connectivity index is 1.74. The summed E-state index contributed by atoms with van der Waals surface area (Å²) in [6.45, 7) is 2.25. The second kappa shape index (κ2) is 7.91. The molecule has 2 heteroatoms. The molecule has 0 aliphatic carbocycles. The van der Waals surface area contributed by atoms with Gasteiger partial charge in [-0.2, -0.15) is 0 Å². The third kappa shape index (κ3) is 4.10. The average molecular weight is 318 g/mol. The highest BCUT2D eigenvalue weighted by Gasteiger charge is 2.18. The quantitative estimate of drug-likeness (QED) is 0.693. The van der Waals surface area contributed by atoms with Gasteiger partial charge in [-0.15, -0.1) is 0 Å². The summed E-state index contributed by atoms with van der Waals surface area (Å²) in [6.07, 6.45) is -0.911. The molecule has 0 aliphatic rings. The van der Waals surface area contributed by atoms with E-state index in [9.17, 15) is 5.11 Å². The van der Waals surface area contributed by atoms with Crippen LogP contribution in [0, 0.1) is 0 Å². The minimum absolute atomic E-state index is 0.338. The molecule has 0 saturated heterocycles. The Bertz CT molecular complexity index is 734. The standard InChI is InChI=1S/C22H22O2/c1-17(23)22(24-16-18-8-4-2-5-9-18)21-14-12-20(13-15-21)19-10-6-3-7-11-19/h2-15,17,22-23H,16H2,1H3. The lowest BCUT2D eigenvalue weighted by molar-refractivity contribution is -0.0401. The summed E-state index contributed by atoms with van der Waals surface area (Å²) in [5.41, 5.74) is 4.43. The molecule has 3 rings (SSSR count). The van der Waals surface area contributed by atoms with Crippen LogP contribution in [0.2, 0.25) is 0 Å². The smallest absolute Gasteiger partial charge is 0.108 e. The van der Waals surface area contributed by atoms with Crippen LogP contribution in [0.25, 0.3) is 11.1 Å². The van der Waals surface area contributed by atoms with Crippen LogP contribution in [0.5, 0.6) is 0 Å². The summed E-state index contributed by atoms with van der Waals surface area (Å²) in [6, 6.07) is 28.5. The maximum absolute atomic E-state index is 10.1. The number of aliphatic hydroxyl groups is 1. The van der Waals surface area contributed by atoms with Crippen LogP contribution in [0.15, 0.2) is 84.9 Å². The Morgan fingerprint density at radius 3 is 1.88 bits per heavy atom. The van der Waals surface area contributed by atoms with Crippen LogP contribution in [-0.2, 0) is 11.3 Å². The number of hydrogen-bond acceptors (Lipinski definition) is 2. The molecular formula is C22H22O2. The number of aliphatic hydroxyl groups excluding tert-OH is 1. The van der Waals surface area contributed by atoms with Crippen molar-refractivity contribution in [2.75, 3.05) is 0 Å². The van der Waals surface area contributed by atoms with Crippen LogP contribution in [0.3, 0.4) is 0 Å². The van der Waals surface area contributed by atoms with Crippen LogP contribution < -0.4 is 0 Å². The van der Waals surface area contributed by atoms with Gasteiger partial charge in [-0.25, -0.2) is 0 Å². The Morgan fingerprint density at radius 2 is 1.29 bits per heavy atom. The van der Waals surface area contributed by atoms with Gasteiger partial charge in [0.2, 0.25) is 0 Å². The van der Waals surface area contributed by atoms with E-state index in [-0.39, 0.29) is 6.10 Å². The van der Waals surface area contributed by atoms with E-state index >= 15 is 0 Å². The maximum atomic E-state index is 10.1. The first-order valence-electron chi connectivity index (χ1n) is 8.23. The molecule has 0 spiro atoms. The fraction of sp³-hybridized carbons (Fsp3) is 0.182. The first-order chi connectivity index (χ1) is 11.7. The monoisotopic (exact) mass is 318 g/mol. The van der Waals surface area contributed by atoms with Crippen molar-refractivity contribution in [3.63, 3.8) is 0 Å². The van der Waals surface area contributed by atoms with Gasteiger partial charge in [0.25, 0.3) is 0 Å². The molecule has 3 aromatic rings. The van der Waals surface area contributed by atoms with Gasteiger partial charge in [-0.3, -0.25) is 0 Å². The van der Waals surface area contributed by atoms with E-state index in [0.29, 0.717) is 6.61 Å². The lowest BCUT2D eigenvalue weighted by Gasteiger charge is -2.21. The molecule has 2 atom stereocenters. The number of benzene rings is 3. The molecule has 0 radical (unpaired) electrons. The molecule has 0 aromatic heterocycles. The minimum Gasteiger partial charge on any atom is -0.390 e. The van der Waals surface area contributed by atoms with Crippen LogP contribution in [0.4, 0.5) is 0 Å². The Kier molecular flexibility index (Phi) is 5.42. The lowest BCUT2D eigenvalue weighted by Crippen LogP contribution is -2.18. The zero-order valence-corrected chi connectivity index (χ0v) is 13.8. The van der Waals surface area contributed by atoms with Crippen LogP contribution in [-0.4, -0.2) is 11.2 Å². The second-order valence-corrected chi connectivity index (χ2v) is 5.95. The van der Waals surface area contributed by atoms with Gasteiger partial charge >= 0.3 is 0 Å². The number of ether oxygens (including phenoxy) is 1. The Hall–Kier alpha value is -2.42. The van der Waals surface area contributed by atoms with Crippen molar-refractivity contribution in [2.45, 2.75) is 25.7 Å². The predicted octanol–water partition coefficient (Wildman–Crippen LogP) is 4.99. The highest BCUT2D eigenvalue weighted by molar-refractivity contribution is 5.63. The molecule has 1 N–H and O–H groups in total. The van der Waals surface area contributed by atoms with E-state index in [1.54, 1.807) is 6.92 Å². The van der Waals surface area contributed by atoms with E-state index < -0.39 is 6.10 Å². The molecule has 0 fully saturated rings. The lowest BCUT2D eigenvalue weighted by atomic mass is 10.00. The van der Waals surface area contributed by atoms with Gasteiger partial charge in [0.15, 0.2) is 0 Å². The van der Waals surface area contributed by atoms with E-state index in [1.807, 2.05) is 60.7 Å². The summed E-state index contributed by atoms with van der Waals surface area (Å²) in [5, 5.41) is 10.1. The maximum Gasteiger partial charge on any atom is 0.108 e. The van der Waals surface area contributed by atoms with Crippen molar-refractivity contribution in [1.82, 2.24) is 0 Å². The van der Waals surface area contributed by atoms with Gasteiger partial charge in [-0.05, 0) is 29.2 Å². The van der Waals surface area contributed by atoms with Gasteiger partial charge in [-0.1, -0.05) is 84.9 Å². The van der Waals surface area contributed by atoms with Gasteiger partial charge in [0.1, 0.15) is 6.10 Å². The highest BCUT2D eigenvalue weighted by Crippen LogP contribution is 2.26. The second-order valence-electron chi connectivity index (χ2n) is 5.95. The molecule has 122 valence electrons. The molecule has 24 heavy (non-hydrogen) atoms. The van der Waals surface area contributed by atoms with Gasteiger partial charge in [0.05, 0.1) is 12.7 Å². The Labute approximate surface area is 143 Å². The topological polar surface area (TPSA) is 29.5 Å². The molecule has 3 aromatic carbocycles. The van der Waals surface area contributed by atoms with E-state index in [1.165, 1.54) is 5.56 Å². The fourth-order valence-corrected chi connectivity index (χ4v) is 2.77. The van der Waals surface area contributed by atoms with Gasteiger partial charge < -0.3 is 9.84 Å². The molecule has 0 bridgehead atoms. The van der Waals surface area contributed by atoms with Crippen molar-refractivity contribution >= 4 is 0 Å². The van der Waals surface area contributed by atoms with E-state index in [4.69, 9.17) is 4.74 Å². The van der Waals surface area contributed by atoms with Crippen molar-refractivity contribution in [1.29, 1.82) is 0 Å². The summed E-state index contributed by atoms with van der Waals surface area (Å²) >= 11 is 0. The van der Waals surface area contributed by atoms with Crippen LogP contribution >= 0.6 is 0 Å². The summed E-state index contributed by atoms with van der Waals surface area (Å²) < 4.78 is 5.97. The zero-order valence-electron chi connectivity index (χ0n) is 13.8. The molecule has 0 heterocycles. The highest BCUT2D eigenvalue weighted by atomic mass is 16.5. The van der Waals surface area contributed by atoms with E-state index in [2.05, 4.69) is 24.3 Å². The van der Waals surface area contributed by atoms with Crippen molar-refractivity contribution in [3.05, 3.63) is 96.1 Å². The summed E-state index contributed by atoms with van der Waals surface area (Å²) in [7, 11) is 0. The molecule has 2 nitrogen and oxygen atoms in total. The Morgan fingerprint density at radius 1 is 0.750 bits per heavy atom. The SMILES string of the molecule is CC(O)C(OCc1ccccc1)c1ccc(-c2ccccc2)cc1. The normalized spacial score (nSPS) is 13.4. The third-order valence-electron chi connectivity index (χ3n) is 4.06. The molecule has 2 unspecified atom stereocenters. The predicted molar refractivity (Wildman–Crippen MR) is 97.5 cm³/mol. The molecule has 0 amide bonds. The van der Waals surface area contributed by atoms with Crippen molar-refractivity contribution in [3.8, 4) is 11.1 Å². The largest absolute Gasteiger partial charge is 0.390 e. The van der Waals surface area contributed by atoms with Crippen LogP contribution in [0.1, 0.15) is 24.2 Å². The average Bonchev–Trinajstić information content (AvgIpc) is 2.64. The van der Waals surface area contributed by atoms with Crippen molar-refractivity contribution in [2.24, 2.45) is 0 Å². The zero-order chi connectivity index (χ0) is 16.8. The van der Waals surface area contributed by atoms with Gasteiger partial charge in [0, 0.05) is 0 Å². The molecule has 0 aliphatic heterocycles. The van der Waals surface area contributed by atoms with Crippen molar-refractivity contribution < 1.29 is 9.84 Å². The number of hydrogen-bond donors (Lipinski definition) is 1. The summed E-state index contributed by atoms with van der Waals surface area (Å²) in [5.74, 6) is 0. The molecule has 0 saturated carbocycles. The first kappa shape index (κ1) is 16.4.